The number of ether oxygens (including phenoxy) is 2. The Balaban J connectivity index is 1.47. The Morgan fingerprint density at radius 3 is 2.73 bits per heavy atom. The molecule has 0 unspecified atom stereocenters. The highest BCUT2D eigenvalue weighted by Gasteiger charge is 2.29. The van der Waals surface area contributed by atoms with Crippen molar-refractivity contribution >= 4 is 79.6 Å². The number of nitrogens with zero attached hydrogens (tertiary/aromatic N) is 6. The molecule has 9 nitrogen and oxygen atoms in total. The number of para-hydroxylation sites is 1. The lowest BCUT2D eigenvalue weighted by Gasteiger charge is -2.16. The molecule has 3 aromatic heterocycles. The molecule has 1 fully saturated rings. The van der Waals surface area contributed by atoms with Crippen LogP contribution in [0.25, 0.3) is 10.2 Å². The van der Waals surface area contributed by atoms with Gasteiger partial charge in [0.05, 0.1) is 16.8 Å². The van der Waals surface area contributed by atoms with Crippen molar-refractivity contribution in [2.24, 2.45) is 4.99 Å². The second-order valence-corrected chi connectivity index (χ2v) is 19.8. The molecular weight excluding hydrogens is 628 g/mol. The van der Waals surface area contributed by atoms with Gasteiger partial charge in [-0.15, -0.1) is 10.2 Å². The zero-order valence-electron chi connectivity index (χ0n) is 23.3. The summed E-state index contributed by atoms with van der Waals surface area (Å²) in [4.78, 5) is 24.5. The second kappa shape index (κ2) is 12.2. The molecule has 0 saturated heterocycles. The number of hydrogen-bond donors (Lipinski definition) is 0. The molecular formula is C27H33BrN6O3S2Si. The van der Waals surface area contributed by atoms with E-state index in [0.29, 0.717) is 39.8 Å². The normalized spacial score (nSPS) is 14.2. The quantitative estimate of drug-likeness (QED) is 0.0964. The van der Waals surface area contributed by atoms with Crippen LogP contribution in [-0.4, -0.2) is 54.1 Å². The maximum atomic E-state index is 12.3. The number of carbonyl (C=O) groups excluding carboxylic acids is 1. The van der Waals surface area contributed by atoms with E-state index < -0.39 is 14.0 Å². The Bertz CT molecular complexity index is 1590. The highest BCUT2D eigenvalue weighted by Crippen LogP contribution is 2.45. The van der Waals surface area contributed by atoms with E-state index >= 15 is 0 Å². The molecule has 1 aromatic carbocycles. The van der Waals surface area contributed by atoms with E-state index in [1.807, 2.05) is 30.1 Å². The molecule has 0 N–H and O–H groups in total. The van der Waals surface area contributed by atoms with E-state index in [4.69, 9.17) is 14.5 Å². The van der Waals surface area contributed by atoms with Crippen LogP contribution in [0.5, 0.6) is 0 Å². The van der Waals surface area contributed by atoms with Crippen molar-refractivity contribution in [2.75, 3.05) is 25.2 Å². The molecule has 1 aliphatic carbocycles. The molecule has 1 saturated carbocycles. The lowest BCUT2D eigenvalue weighted by atomic mass is 10.2. The molecule has 40 heavy (non-hydrogen) atoms. The molecule has 0 spiro atoms. The summed E-state index contributed by atoms with van der Waals surface area (Å²) in [5, 5.41) is 9.72. The van der Waals surface area contributed by atoms with Gasteiger partial charge >= 0.3 is 5.97 Å². The number of fused-ring (bicyclic) bond motifs is 1. The smallest absolute Gasteiger partial charge is 0.359 e. The fraction of sp³-hybridized carbons (Fsp3) is 0.444. The van der Waals surface area contributed by atoms with Crippen LogP contribution in [0.2, 0.25) is 25.7 Å². The SMILES string of the molecule is CCOC(=O)c1nc(N(C)c2cc(C3CC3)c(/N=c3\sc4ccccc4n3COCC[Si](C)(C)C)nn2)sc1Br. The zero-order chi connectivity index (χ0) is 28.4. The highest BCUT2D eigenvalue weighted by molar-refractivity contribution is 9.11. The Morgan fingerprint density at radius 2 is 2.00 bits per heavy atom. The molecule has 0 amide bonds. The molecule has 3 heterocycles. The van der Waals surface area contributed by atoms with Gasteiger partial charge in [0.25, 0.3) is 0 Å². The molecule has 0 aliphatic heterocycles. The van der Waals surface area contributed by atoms with Gasteiger partial charge in [-0.1, -0.05) is 54.4 Å². The van der Waals surface area contributed by atoms with E-state index in [1.165, 1.54) is 11.3 Å². The summed E-state index contributed by atoms with van der Waals surface area (Å²) in [6.07, 6.45) is 2.19. The number of thiazole rings is 2. The van der Waals surface area contributed by atoms with Gasteiger partial charge in [0.1, 0.15) is 10.5 Å². The number of halogens is 1. The first kappa shape index (κ1) is 29.1. The van der Waals surface area contributed by atoms with Gasteiger partial charge in [-0.3, -0.25) is 4.57 Å². The average Bonchev–Trinajstić information content (AvgIpc) is 3.60. The standard InChI is InChI=1S/C27H33BrN6O3S2Si/c1-6-37-25(35)22-23(28)39-26(29-22)33(2)21-15-18(17-11-12-17)24(32-31-21)30-27-34(16-36-13-14-40(3,4)5)19-9-7-8-10-20(19)38-27/h7-10,15,17H,6,11-14,16H2,1-5H3/b30-27-. The molecule has 1 aliphatic rings. The molecule has 13 heteroatoms. The third-order valence-corrected chi connectivity index (χ3v) is 11.0. The molecule has 212 valence electrons. The molecule has 0 bridgehead atoms. The van der Waals surface area contributed by atoms with Crippen LogP contribution >= 0.6 is 38.6 Å². The minimum absolute atomic E-state index is 0.261. The van der Waals surface area contributed by atoms with Crippen LogP contribution in [0.15, 0.2) is 39.1 Å². The summed E-state index contributed by atoms with van der Waals surface area (Å²) >= 11 is 6.43. The lowest BCUT2D eigenvalue weighted by Crippen LogP contribution is -2.23. The highest BCUT2D eigenvalue weighted by atomic mass is 79.9. The zero-order valence-corrected chi connectivity index (χ0v) is 27.5. The predicted octanol–water partition coefficient (Wildman–Crippen LogP) is 7.08. The summed E-state index contributed by atoms with van der Waals surface area (Å²) < 4.78 is 15.2. The maximum Gasteiger partial charge on any atom is 0.359 e. The van der Waals surface area contributed by atoms with Crippen molar-refractivity contribution in [3.05, 3.63) is 50.2 Å². The summed E-state index contributed by atoms with van der Waals surface area (Å²) in [5.41, 5.74) is 2.43. The number of aromatic nitrogens is 4. The number of benzene rings is 1. The minimum atomic E-state index is -1.18. The first-order chi connectivity index (χ1) is 19.1. The number of carbonyl (C=O) groups is 1. The van der Waals surface area contributed by atoms with Crippen molar-refractivity contribution in [1.82, 2.24) is 19.7 Å². The van der Waals surface area contributed by atoms with Crippen LogP contribution in [0.3, 0.4) is 0 Å². The van der Waals surface area contributed by atoms with Gasteiger partial charge in [0.15, 0.2) is 27.3 Å². The Kier molecular flexibility index (Phi) is 8.85. The summed E-state index contributed by atoms with van der Waals surface area (Å²) in [7, 11) is 0.692. The van der Waals surface area contributed by atoms with E-state index in [-0.39, 0.29) is 5.69 Å². The number of rotatable bonds is 11. The van der Waals surface area contributed by atoms with Crippen molar-refractivity contribution in [3.63, 3.8) is 0 Å². The largest absolute Gasteiger partial charge is 0.461 e. The van der Waals surface area contributed by atoms with Crippen LogP contribution in [0.1, 0.15) is 41.7 Å². The van der Waals surface area contributed by atoms with Crippen LogP contribution < -0.4 is 9.70 Å². The van der Waals surface area contributed by atoms with Crippen molar-refractivity contribution < 1.29 is 14.3 Å². The van der Waals surface area contributed by atoms with Crippen molar-refractivity contribution in [3.8, 4) is 0 Å². The lowest BCUT2D eigenvalue weighted by molar-refractivity contribution is 0.0519. The molecule has 5 rings (SSSR count). The average molecular weight is 662 g/mol. The van der Waals surface area contributed by atoms with Crippen LogP contribution in [0.4, 0.5) is 16.8 Å². The second-order valence-electron chi connectivity index (χ2n) is 10.9. The molecule has 0 atom stereocenters. The first-order valence-corrected chi connectivity index (χ1v) is 19.4. The molecule has 4 aromatic rings. The van der Waals surface area contributed by atoms with Gasteiger partial charge in [-0.2, -0.15) is 4.99 Å². The third kappa shape index (κ3) is 6.70. The predicted molar refractivity (Wildman–Crippen MR) is 167 cm³/mol. The van der Waals surface area contributed by atoms with Gasteiger partial charge in [0, 0.05) is 27.3 Å². The fourth-order valence-corrected chi connectivity index (χ4v) is 7.26. The van der Waals surface area contributed by atoms with E-state index in [1.54, 1.807) is 18.3 Å². The van der Waals surface area contributed by atoms with Crippen LogP contribution in [-0.2, 0) is 16.2 Å². The summed E-state index contributed by atoms with van der Waals surface area (Å²) in [6, 6.07) is 11.5. The Labute approximate surface area is 251 Å². The van der Waals surface area contributed by atoms with E-state index in [2.05, 4.69) is 67.5 Å². The van der Waals surface area contributed by atoms with Gasteiger partial charge in [-0.25, -0.2) is 9.78 Å². The molecule has 0 radical (unpaired) electrons. The monoisotopic (exact) mass is 660 g/mol. The number of esters is 1. The van der Waals surface area contributed by atoms with Crippen molar-refractivity contribution in [1.29, 1.82) is 0 Å². The fourth-order valence-electron chi connectivity index (χ4n) is 4.05. The van der Waals surface area contributed by atoms with Crippen molar-refractivity contribution in [2.45, 2.75) is 58.1 Å². The first-order valence-electron chi connectivity index (χ1n) is 13.3. The Morgan fingerprint density at radius 1 is 1.23 bits per heavy atom. The maximum absolute atomic E-state index is 12.3. The van der Waals surface area contributed by atoms with Crippen LogP contribution in [0, 0.1) is 0 Å². The Hall–Kier alpha value is -2.45. The minimum Gasteiger partial charge on any atom is -0.461 e. The van der Waals surface area contributed by atoms with E-state index in [9.17, 15) is 4.79 Å². The number of hydrogen-bond acceptors (Lipinski definition) is 10. The van der Waals surface area contributed by atoms with E-state index in [0.717, 1.165) is 46.1 Å². The summed E-state index contributed by atoms with van der Waals surface area (Å²) in [5.74, 6) is 1.23. The third-order valence-electron chi connectivity index (χ3n) is 6.49. The number of anilines is 2. The van der Waals surface area contributed by atoms with Gasteiger partial charge in [0.2, 0.25) is 0 Å². The van der Waals surface area contributed by atoms with Gasteiger partial charge in [-0.05, 0) is 65.9 Å². The summed E-state index contributed by atoms with van der Waals surface area (Å²) in [6.45, 7) is 10.3. The van der Waals surface area contributed by atoms with Gasteiger partial charge < -0.3 is 14.4 Å². The topological polar surface area (TPSA) is 94.7 Å².